The van der Waals surface area contributed by atoms with Crippen molar-refractivity contribution < 1.29 is 17.6 Å². The molecule has 1 aliphatic carbocycles. The predicted molar refractivity (Wildman–Crippen MR) is 70.6 cm³/mol. The van der Waals surface area contributed by atoms with Gasteiger partial charge in [-0.15, -0.1) is 0 Å². The third-order valence-electron chi connectivity index (χ3n) is 2.98. The highest BCUT2D eigenvalue weighted by atomic mass is 79.9. The van der Waals surface area contributed by atoms with Gasteiger partial charge in [-0.25, -0.2) is 17.9 Å². The highest BCUT2D eigenvalue weighted by Gasteiger charge is 2.39. The quantitative estimate of drug-likeness (QED) is 0.865. The maximum absolute atomic E-state index is 13.6. The first-order valence-corrected chi connectivity index (χ1v) is 7.81. The van der Waals surface area contributed by atoms with Crippen LogP contribution in [0, 0.1) is 5.82 Å². The topological polar surface area (TPSA) is 89.3 Å². The zero-order valence-electron chi connectivity index (χ0n) is 10.0. The van der Waals surface area contributed by atoms with E-state index in [2.05, 4.69) is 21.2 Å². The smallest absolute Gasteiger partial charge is 0.251 e. The number of hydrogen-bond donors (Lipinski definition) is 2. The highest BCUT2D eigenvalue weighted by molar-refractivity contribution is 9.10. The average molecular weight is 351 g/mol. The van der Waals surface area contributed by atoms with Crippen molar-refractivity contribution in [3.63, 3.8) is 0 Å². The maximum Gasteiger partial charge on any atom is 0.251 e. The second-order valence-electron chi connectivity index (χ2n) is 4.83. The Kier molecular flexibility index (Phi) is 3.44. The van der Waals surface area contributed by atoms with Crippen molar-refractivity contribution >= 4 is 31.9 Å². The summed E-state index contributed by atoms with van der Waals surface area (Å²) in [5.74, 6) is -1.37. The molecule has 0 radical (unpaired) electrons. The molecule has 0 aromatic heterocycles. The number of nitrogens with one attached hydrogen (secondary N) is 1. The molecule has 0 saturated heterocycles. The summed E-state index contributed by atoms with van der Waals surface area (Å²) in [5, 5.41) is 7.69. The van der Waals surface area contributed by atoms with Crippen molar-refractivity contribution in [3.05, 3.63) is 28.0 Å². The third-order valence-corrected chi connectivity index (χ3v) is 4.98. The lowest BCUT2D eigenvalue weighted by Gasteiger charge is -2.12. The van der Waals surface area contributed by atoms with E-state index in [4.69, 9.17) is 5.14 Å². The molecule has 0 atom stereocenters. The van der Waals surface area contributed by atoms with Gasteiger partial charge in [-0.2, -0.15) is 0 Å². The Labute approximate surface area is 118 Å². The van der Waals surface area contributed by atoms with E-state index in [1.807, 2.05) is 6.92 Å². The molecule has 0 aliphatic heterocycles. The van der Waals surface area contributed by atoms with Gasteiger partial charge in [-0.1, -0.05) is 0 Å². The number of benzene rings is 1. The normalized spacial score (nSPS) is 17.1. The molecule has 19 heavy (non-hydrogen) atoms. The van der Waals surface area contributed by atoms with Crippen molar-refractivity contribution in [1.82, 2.24) is 5.32 Å². The van der Waals surface area contributed by atoms with Crippen LogP contribution in [0.1, 0.15) is 30.1 Å². The lowest BCUT2D eigenvalue weighted by Crippen LogP contribution is -2.34. The largest absolute Gasteiger partial charge is 0.347 e. The lowest BCUT2D eigenvalue weighted by molar-refractivity contribution is 0.0934. The van der Waals surface area contributed by atoms with Gasteiger partial charge in [-0.05, 0) is 47.8 Å². The van der Waals surface area contributed by atoms with Crippen molar-refractivity contribution in [3.8, 4) is 0 Å². The molecule has 0 heterocycles. The first kappa shape index (κ1) is 14.4. The van der Waals surface area contributed by atoms with Crippen LogP contribution < -0.4 is 10.5 Å². The van der Waals surface area contributed by atoms with Crippen molar-refractivity contribution in [2.45, 2.75) is 30.2 Å². The molecular formula is C11H12BrFN2O3S. The Morgan fingerprint density at radius 1 is 1.47 bits per heavy atom. The number of rotatable bonds is 3. The summed E-state index contributed by atoms with van der Waals surface area (Å²) in [5.41, 5.74) is -0.347. The summed E-state index contributed by atoms with van der Waals surface area (Å²) in [6.45, 7) is 1.86. The minimum atomic E-state index is -4.11. The van der Waals surface area contributed by atoms with Crippen LogP contribution >= 0.6 is 15.9 Å². The van der Waals surface area contributed by atoms with E-state index in [9.17, 15) is 17.6 Å². The average Bonchev–Trinajstić information content (AvgIpc) is 2.98. The SMILES string of the molecule is CC1(NC(=O)c2cc(F)c(Br)c(S(N)(=O)=O)c2)CC1. The second-order valence-corrected chi connectivity index (χ2v) is 7.15. The minimum absolute atomic E-state index is 0.0714. The summed E-state index contributed by atoms with van der Waals surface area (Å²) in [7, 11) is -4.11. The number of carbonyl (C=O) groups excluding carboxylic acids is 1. The maximum atomic E-state index is 13.6. The number of sulfonamides is 1. The predicted octanol–water partition coefficient (Wildman–Crippen LogP) is 1.52. The number of hydrogen-bond acceptors (Lipinski definition) is 3. The molecule has 8 heteroatoms. The first-order valence-electron chi connectivity index (χ1n) is 5.47. The van der Waals surface area contributed by atoms with E-state index < -0.39 is 26.6 Å². The fourth-order valence-corrected chi connectivity index (χ4v) is 3.11. The molecule has 1 aromatic rings. The van der Waals surface area contributed by atoms with Gasteiger partial charge in [0.05, 0.1) is 9.37 Å². The van der Waals surface area contributed by atoms with Gasteiger partial charge in [0.2, 0.25) is 10.0 Å². The molecule has 1 aliphatic rings. The molecule has 0 bridgehead atoms. The summed E-state index contributed by atoms with van der Waals surface area (Å²) in [6.07, 6.45) is 1.69. The standard InChI is InChI=1S/C11H12BrFN2O3S/c1-11(2-3-11)15-10(16)6-4-7(13)9(12)8(5-6)19(14,17)18/h4-5H,2-3H2,1H3,(H,15,16)(H2,14,17,18). The third kappa shape index (κ3) is 3.13. The van der Waals surface area contributed by atoms with Gasteiger partial charge in [0.1, 0.15) is 5.82 Å². The molecule has 0 spiro atoms. The number of amides is 1. The first-order chi connectivity index (χ1) is 8.62. The van der Waals surface area contributed by atoms with Crippen LogP contribution in [-0.2, 0) is 10.0 Å². The summed E-state index contributed by atoms with van der Waals surface area (Å²) in [6, 6.07) is 2.03. The van der Waals surface area contributed by atoms with Crippen LogP contribution in [0.25, 0.3) is 0 Å². The number of primary sulfonamides is 1. The monoisotopic (exact) mass is 350 g/mol. The van der Waals surface area contributed by atoms with Gasteiger partial charge in [0.25, 0.3) is 5.91 Å². The molecule has 1 fully saturated rings. The van der Waals surface area contributed by atoms with Crippen molar-refractivity contribution in [1.29, 1.82) is 0 Å². The van der Waals surface area contributed by atoms with E-state index in [0.717, 1.165) is 25.0 Å². The summed E-state index contributed by atoms with van der Waals surface area (Å²) in [4.78, 5) is 11.5. The molecule has 5 nitrogen and oxygen atoms in total. The Balaban J connectivity index is 2.42. The van der Waals surface area contributed by atoms with Gasteiger partial charge >= 0.3 is 0 Å². The minimum Gasteiger partial charge on any atom is -0.347 e. The summed E-state index contributed by atoms with van der Waals surface area (Å²) >= 11 is 2.81. The molecule has 1 saturated carbocycles. The van der Waals surface area contributed by atoms with Crippen LogP contribution in [0.15, 0.2) is 21.5 Å². The fourth-order valence-electron chi connectivity index (χ4n) is 1.56. The zero-order valence-corrected chi connectivity index (χ0v) is 12.4. The van der Waals surface area contributed by atoms with E-state index in [1.54, 1.807) is 0 Å². The van der Waals surface area contributed by atoms with E-state index in [-0.39, 0.29) is 15.6 Å². The summed E-state index contributed by atoms with van der Waals surface area (Å²) < 4.78 is 36.0. The fraction of sp³-hybridized carbons (Fsp3) is 0.364. The molecule has 0 unspecified atom stereocenters. The van der Waals surface area contributed by atoms with E-state index in [0.29, 0.717) is 0 Å². The van der Waals surface area contributed by atoms with Crippen LogP contribution in [0.4, 0.5) is 4.39 Å². The molecule has 1 amide bonds. The number of carbonyl (C=O) groups is 1. The van der Waals surface area contributed by atoms with Crippen LogP contribution in [-0.4, -0.2) is 19.9 Å². The molecule has 1 aromatic carbocycles. The van der Waals surface area contributed by atoms with Crippen molar-refractivity contribution in [2.75, 3.05) is 0 Å². The van der Waals surface area contributed by atoms with Crippen molar-refractivity contribution in [2.24, 2.45) is 5.14 Å². The van der Waals surface area contributed by atoms with Gasteiger partial charge in [0.15, 0.2) is 0 Å². The van der Waals surface area contributed by atoms with Crippen LogP contribution in [0.2, 0.25) is 0 Å². The van der Waals surface area contributed by atoms with E-state index in [1.165, 1.54) is 0 Å². The van der Waals surface area contributed by atoms with Crippen LogP contribution in [0.3, 0.4) is 0 Å². The number of halogens is 2. The zero-order chi connectivity index (χ0) is 14.4. The lowest BCUT2D eigenvalue weighted by atomic mass is 10.2. The Hall–Kier alpha value is -0.990. The molecule has 3 N–H and O–H groups in total. The Bertz CT molecular complexity index is 656. The van der Waals surface area contributed by atoms with E-state index >= 15 is 0 Å². The molecular weight excluding hydrogens is 339 g/mol. The van der Waals surface area contributed by atoms with Gasteiger partial charge in [-0.3, -0.25) is 4.79 Å². The highest BCUT2D eigenvalue weighted by Crippen LogP contribution is 2.35. The molecule has 2 rings (SSSR count). The number of nitrogens with two attached hydrogens (primary N) is 1. The van der Waals surface area contributed by atoms with Gasteiger partial charge < -0.3 is 5.32 Å². The second kappa shape index (κ2) is 4.53. The Morgan fingerprint density at radius 2 is 2.05 bits per heavy atom. The molecule has 104 valence electrons. The van der Waals surface area contributed by atoms with Crippen LogP contribution in [0.5, 0.6) is 0 Å². The Morgan fingerprint density at radius 3 is 2.53 bits per heavy atom. The van der Waals surface area contributed by atoms with Gasteiger partial charge in [0, 0.05) is 11.1 Å².